The van der Waals surface area contributed by atoms with Crippen LogP contribution in [-0.4, -0.2) is 27.3 Å². The molecule has 0 bridgehead atoms. The van der Waals surface area contributed by atoms with Crippen LogP contribution >= 0.6 is 11.6 Å². The zero-order chi connectivity index (χ0) is 12.4. The van der Waals surface area contributed by atoms with Gasteiger partial charge in [-0.15, -0.1) is 0 Å². The van der Waals surface area contributed by atoms with Gasteiger partial charge in [0.15, 0.2) is 0 Å². The molecule has 1 saturated carbocycles. The zero-order valence-electron chi connectivity index (χ0n) is 10.3. The van der Waals surface area contributed by atoms with E-state index in [-0.39, 0.29) is 0 Å². The van der Waals surface area contributed by atoms with Gasteiger partial charge in [0.1, 0.15) is 5.15 Å². The van der Waals surface area contributed by atoms with E-state index >= 15 is 0 Å². The maximum Gasteiger partial charge on any atom is 0.131 e. The lowest BCUT2D eigenvalue weighted by Gasteiger charge is -2.20. The third-order valence-corrected chi connectivity index (χ3v) is 3.68. The summed E-state index contributed by atoms with van der Waals surface area (Å²) in [5.41, 5.74) is 2.08. The number of halogens is 1. The topological polar surface area (TPSA) is 44.9 Å². The summed E-state index contributed by atoms with van der Waals surface area (Å²) in [5.74, 6) is 0. The fraction of sp³-hybridized carbons (Fsp3) is 0.667. The van der Waals surface area contributed by atoms with Crippen molar-refractivity contribution in [3.63, 3.8) is 0 Å². The quantitative estimate of drug-likeness (QED) is 0.808. The lowest BCUT2D eigenvalue weighted by Crippen LogP contribution is -2.26. The molecule has 2 rings (SSSR count). The Balaban J connectivity index is 2.09. The summed E-state index contributed by atoms with van der Waals surface area (Å²) >= 11 is 6.23. The largest absolute Gasteiger partial charge is 0.295 e. The third kappa shape index (κ3) is 2.80. The van der Waals surface area contributed by atoms with Crippen LogP contribution in [-0.2, 0) is 13.6 Å². The molecule has 0 spiro atoms. The van der Waals surface area contributed by atoms with Gasteiger partial charge in [0.2, 0.25) is 0 Å². The van der Waals surface area contributed by atoms with Crippen molar-refractivity contribution in [3.8, 4) is 6.07 Å². The molecule has 0 unspecified atom stereocenters. The molecule has 1 aromatic rings. The summed E-state index contributed by atoms with van der Waals surface area (Å²) in [6.07, 6.45) is 3.05. The van der Waals surface area contributed by atoms with Crippen LogP contribution in [0, 0.1) is 18.3 Å². The highest BCUT2D eigenvalue weighted by Crippen LogP contribution is 2.30. The monoisotopic (exact) mass is 252 g/mol. The number of rotatable bonds is 5. The fourth-order valence-corrected chi connectivity index (χ4v) is 2.31. The molecule has 1 heterocycles. The maximum absolute atomic E-state index is 8.68. The van der Waals surface area contributed by atoms with Gasteiger partial charge in [0.05, 0.1) is 11.8 Å². The number of nitrogens with zero attached hydrogens (tertiary/aromatic N) is 4. The second-order valence-electron chi connectivity index (χ2n) is 4.59. The molecule has 0 atom stereocenters. The Morgan fingerprint density at radius 3 is 2.76 bits per heavy atom. The molecule has 1 aliphatic rings. The van der Waals surface area contributed by atoms with Crippen LogP contribution in [0.25, 0.3) is 0 Å². The molecule has 17 heavy (non-hydrogen) atoms. The number of aromatic nitrogens is 2. The van der Waals surface area contributed by atoms with Gasteiger partial charge < -0.3 is 0 Å². The van der Waals surface area contributed by atoms with Crippen molar-refractivity contribution in [1.29, 1.82) is 5.26 Å². The molecule has 4 nitrogen and oxygen atoms in total. The van der Waals surface area contributed by atoms with Gasteiger partial charge in [-0.05, 0) is 19.8 Å². The predicted octanol–water partition coefficient (Wildman–Crippen LogP) is 2.26. The van der Waals surface area contributed by atoms with Gasteiger partial charge in [0, 0.05) is 38.2 Å². The van der Waals surface area contributed by atoms with E-state index in [2.05, 4.69) is 16.1 Å². The molecule has 5 heteroatoms. The van der Waals surface area contributed by atoms with E-state index in [4.69, 9.17) is 16.9 Å². The molecule has 1 aliphatic carbocycles. The summed E-state index contributed by atoms with van der Waals surface area (Å²) < 4.78 is 1.71. The predicted molar refractivity (Wildman–Crippen MR) is 66.6 cm³/mol. The standard InChI is InChI=1S/C12H17ClN4/c1-9-11(12(13)16(2)15-9)8-17(7-3-6-14)10-4-5-10/h10H,3-5,7-8H2,1-2H3. The van der Waals surface area contributed by atoms with Crippen molar-refractivity contribution in [3.05, 3.63) is 16.4 Å². The molecule has 0 saturated heterocycles. The normalized spacial score (nSPS) is 15.2. The Morgan fingerprint density at radius 2 is 2.29 bits per heavy atom. The van der Waals surface area contributed by atoms with Crippen molar-refractivity contribution >= 4 is 11.6 Å². The van der Waals surface area contributed by atoms with E-state index in [0.717, 1.165) is 24.3 Å². The smallest absolute Gasteiger partial charge is 0.131 e. The molecule has 0 amide bonds. The Bertz CT molecular complexity index is 442. The molecule has 0 radical (unpaired) electrons. The van der Waals surface area contributed by atoms with Crippen LogP contribution in [0.4, 0.5) is 0 Å². The van der Waals surface area contributed by atoms with E-state index in [1.165, 1.54) is 12.8 Å². The SMILES string of the molecule is Cc1nn(C)c(Cl)c1CN(CCC#N)C1CC1. The highest BCUT2D eigenvalue weighted by atomic mass is 35.5. The van der Waals surface area contributed by atoms with Gasteiger partial charge in [-0.3, -0.25) is 9.58 Å². The van der Waals surface area contributed by atoms with E-state index in [0.29, 0.717) is 17.6 Å². The molecule has 1 aromatic heterocycles. The van der Waals surface area contributed by atoms with Crippen LogP contribution in [0.3, 0.4) is 0 Å². The molecule has 0 aliphatic heterocycles. The number of nitriles is 1. The summed E-state index contributed by atoms with van der Waals surface area (Å²) in [5, 5.41) is 13.7. The van der Waals surface area contributed by atoms with Gasteiger partial charge >= 0.3 is 0 Å². The van der Waals surface area contributed by atoms with E-state index in [1.807, 2.05) is 14.0 Å². The molecule has 0 aromatic carbocycles. The molecule has 1 fully saturated rings. The van der Waals surface area contributed by atoms with Crippen LogP contribution in [0.2, 0.25) is 5.15 Å². The minimum Gasteiger partial charge on any atom is -0.295 e. The highest BCUT2D eigenvalue weighted by molar-refractivity contribution is 6.30. The van der Waals surface area contributed by atoms with E-state index in [9.17, 15) is 0 Å². The first-order chi connectivity index (χ1) is 8.13. The number of aryl methyl sites for hydroxylation is 2. The van der Waals surface area contributed by atoms with E-state index < -0.39 is 0 Å². The summed E-state index contributed by atoms with van der Waals surface area (Å²) in [7, 11) is 1.86. The van der Waals surface area contributed by atoms with Gasteiger partial charge in [-0.1, -0.05) is 11.6 Å². The van der Waals surface area contributed by atoms with Crippen molar-refractivity contribution in [2.45, 2.75) is 38.8 Å². The molecular weight excluding hydrogens is 236 g/mol. The Morgan fingerprint density at radius 1 is 1.59 bits per heavy atom. The molecule has 92 valence electrons. The van der Waals surface area contributed by atoms with Crippen molar-refractivity contribution in [1.82, 2.24) is 14.7 Å². The minimum absolute atomic E-state index is 0.577. The summed E-state index contributed by atoms with van der Waals surface area (Å²) in [6, 6.07) is 2.84. The lowest BCUT2D eigenvalue weighted by molar-refractivity contribution is 0.260. The average Bonchev–Trinajstić information content (AvgIpc) is 3.09. The van der Waals surface area contributed by atoms with Gasteiger partial charge in [-0.25, -0.2) is 0 Å². The Kier molecular flexibility index (Phi) is 3.70. The van der Waals surface area contributed by atoms with E-state index in [1.54, 1.807) is 4.68 Å². The van der Waals surface area contributed by atoms with Crippen molar-refractivity contribution in [2.24, 2.45) is 7.05 Å². The van der Waals surface area contributed by atoms with Gasteiger partial charge in [-0.2, -0.15) is 10.4 Å². The first-order valence-electron chi connectivity index (χ1n) is 5.92. The van der Waals surface area contributed by atoms with Crippen LogP contribution in [0.15, 0.2) is 0 Å². The Hall–Kier alpha value is -1.05. The van der Waals surface area contributed by atoms with Crippen LogP contribution in [0.1, 0.15) is 30.5 Å². The first-order valence-corrected chi connectivity index (χ1v) is 6.30. The Labute approximate surface area is 107 Å². The highest BCUT2D eigenvalue weighted by Gasteiger charge is 2.29. The van der Waals surface area contributed by atoms with Crippen molar-refractivity contribution in [2.75, 3.05) is 6.54 Å². The second-order valence-corrected chi connectivity index (χ2v) is 4.95. The number of hydrogen-bond donors (Lipinski definition) is 0. The average molecular weight is 253 g/mol. The minimum atomic E-state index is 0.577. The summed E-state index contributed by atoms with van der Waals surface area (Å²) in [6.45, 7) is 3.62. The third-order valence-electron chi connectivity index (χ3n) is 3.21. The molecule has 0 N–H and O–H groups in total. The summed E-state index contributed by atoms with van der Waals surface area (Å²) in [4.78, 5) is 2.35. The number of hydrogen-bond acceptors (Lipinski definition) is 3. The zero-order valence-corrected chi connectivity index (χ0v) is 11.0. The van der Waals surface area contributed by atoms with Crippen LogP contribution in [0.5, 0.6) is 0 Å². The first kappa shape index (κ1) is 12.4. The fourth-order valence-electron chi connectivity index (χ4n) is 2.08. The lowest BCUT2D eigenvalue weighted by atomic mass is 10.2. The van der Waals surface area contributed by atoms with Gasteiger partial charge in [0.25, 0.3) is 0 Å². The second kappa shape index (κ2) is 5.07. The maximum atomic E-state index is 8.68. The van der Waals surface area contributed by atoms with Crippen molar-refractivity contribution < 1.29 is 0 Å². The molecular formula is C12H17ClN4. The van der Waals surface area contributed by atoms with Crippen LogP contribution < -0.4 is 0 Å².